The molecule has 1 aromatic carbocycles. The Bertz CT molecular complexity index is 619. The van der Waals surface area contributed by atoms with E-state index in [4.69, 9.17) is 23.2 Å². The molecule has 1 saturated heterocycles. The molecule has 0 radical (unpaired) electrons. The summed E-state index contributed by atoms with van der Waals surface area (Å²) in [7, 11) is 3.54. The molecule has 25 heavy (non-hydrogen) atoms. The number of carbonyl (C=O) groups is 2. The van der Waals surface area contributed by atoms with Crippen LogP contribution in [0, 0.1) is 0 Å². The standard InChI is InChI=1S/C17H24Cl2N4O2/c1-20-16(24)11-22-5-7-23(8-6-22)17(25)12-21(2)10-13-3-4-14(18)15(19)9-13/h3-4,9H,5-8,10-12H2,1-2H3,(H,20,24). The monoisotopic (exact) mass is 386 g/mol. The second kappa shape index (κ2) is 9.38. The van der Waals surface area contributed by atoms with Gasteiger partial charge in [-0.2, -0.15) is 0 Å². The Hall–Kier alpha value is -1.34. The zero-order valence-electron chi connectivity index (χ0n) is 14.6. The van der Waals surface area contributed by atoms with Crippen LogP contribution in [0.5, 0.6) is 0 Å². The van der Waals surface area contributed by atoms with Crippen LogP contribution in [0.4, 0.5) is 0 Å². The van der Waals surface area contributed by atoms with Crippen molar-refractivity contribution >= 4 is 35.0 Å². The number of piperazine rings is 1. The number of rotatable bonds is 6. The molecule has 0 saturated carbocycles. The molecule has 1 fully saturated rings. The zero-order valence-corrected chi connectivity index (χ0v) is 16.1. The summed E-state index contributed by atoms with van der Waals surface area (Å²) in [4.78, 5) is 29.7. The van der Waals surface area contributed by atoms with E-state index in [1.165, 1.54) is 0 Å². The van der Waals surface area contributed by atoms with E-state index in [9.17, 15) is 9.59 Å². The summed E-state index contributed by atoms with van der Waals surface area (Å²) in [6.07, 6.45) is 0. The first-order valence-corrected chi connectivity index (χ1v) is 8.98. The first-order valence-electron chi connectivity index (χ1n) is 8.22. The average Bonchev–Trinajstić information content (AvgIpc) is 2.58. The molecule has 0 aliphatic carbocycles. The minimum Gasteiger partial charge on any atom is -0.358 e. The van der Waals surface area contributed by atoms with Gasteiger partial charge in [0, 0.05) is 39.8 Å². The summed E-state index contributed by atoms with van der Waals surface area (Å²) in [6, 6.07) is 5.50. The lowest BCUT2D eigenvalue weighted by atomic mass is 10.2. The van der Waals surface area contributed by atoms with E-state index in [1.54, 1.807) is 13.1 Å². The van der Waals surface area contributed by atoms with Crippen LogP contribution in [0.25, 0.3) is 0 Å². The molecular weight excluding hydrogens is 363 g/mol. The molecule has 6 nitrogen and oxygen atoms in total. The smallest absolute Gasteiger partial charge is 0.236 e. The molecule has 2 rings (SSSR count). The molecule has 1 heterocycles. The minimum atomic E-state index is 0.00105. The van der Waals surface area contributed by atoms with E-state index in [2.05, 4.69) is 10.2 Å². The highest BCUT2D eigenvalue weighted by atomic mass is 35.5. The van der Waals surface area contributed by atoms with Crippen molar-refractivity contribution in [1.29, 1.82) is 0 Å². The lowest BCUT2D eigenvalue weighted by Crippen LogP contribution is -2.52. The number of hydrogen-bond donors (Lipinski definition) is 1. The van der Waals surface area contributed by atoms with Crippen LogP contribution in [0.3, 0.4) is 0 Å². The van der Waals surface area contributed by atoms with Gasteiger partial charge in [0.15, 0.2) is 0 Å². The maximum atomic E-state index is 12.4. The van der Waals surface area contributed by atoms with E-state index in [1.807, 2.05) is 29.0 Å². The van der Waals surface area contributed by atoms with Gasteiger partial charge < -0.3 is 10.2 Å². The average molecular weight is 387 g/mol. The van der Waals surface area contributed by atoms with E-state index in [0.29, 0.717) is 42.8 Å². The summed E-state index contributed by atoms with van der Waals surface area (Å²) < 4.78 is 0. The lowest BCUT2D eigenvalue weighted by molar-refractivity contribution is -0.134. The number of benzene rings is 1. The van der Waals surface area contributed by atoms with Gasteiger partial charge in [0.25, 0.3) is 0 Å². The quantitative estimate of drug-likeness (QED) is 0.800. The molecule has 1 aromatic rings. The molecule has 1 aliphatic heterocycles. The number of nitrogens with zero attached hydrogens (tertiary/aromatic N) is 3. The summed E-state index contributed by atoms with van der Waals surface area (Å²) in [5.41, 5.74) is 1.01. The van der Waals surface area contributed by atoms with Crippen LogP contribution in [0.1, 0.15) is 5.56 Å². The van der Waals surface area contributed by atoms with Crippen LogP contribution in [0.15, 0.2) is 18.2 Å². The van der Waals surface area contributed by atoms with E-state index in [0.717, 1.165) is 18.7 Å². The number of carbonyl (C=O) groups excluding carboxylic acids is 2. The van der Waals surface area contributed by atoms with E-state index < -0.39 is 0 Å². The molecule has 0 aromatic heterocycles. The van der Waals surface area contributed by atoms with Gasteiger partial charge in [-0.25, -0.2) is 0 Å². The Balaban J connectivity index is 1.78. The van der Waals surface area contributed by atoms with Crippen LogP contribution < -0.4 is 5.32 Å². The van der Waals surface area contributed by atoms with Crippen LogP contribution in [0.2, 0.25) is 10.0 Å². The number of hydrogen-bond acceptors (Lipinski definition) is 4. The third-order valence-corrected chi connectivity index (χ3v) is 4.95. The normalized spacial score (nSPS) is 15.5. The Morgan fingerprint density at radius 2 is 1.84 bits per heavy atom. The predicted molar refractivity (Wildman–Crippen MR) is 99.9 cm³/mol. The second-order valence-electron chi connectivity index (χ2n) is 6.25. The number of halogens is 2. The van der Waals surface area contributed by atoms with Crippen molar-refractivity contribution in [3.8, 4) is 0 Å². The van der Waals surface area contributed by atoms with Gasteiger partial charge in [-0.1, -0.05) is 29.3 Å². The van der Waals surface area contributed by atoms with Crippen LogP contribution in [-0.4, -0.2) is 79.9 Å². The molecule has 0 bridgehead atoms. The Kier molecular flexibility index (Phi) is 7.50. The van der Waals surface area contributed by atoms with Crippen molar-refractivity contribution in [3.05, 3.63) is 33.8 Å². The number of amides is 2. The molecular formula is C17H24Cl2N4O2. The van der Waals surface area contributed by atoms with Gasteiger partial charge >= 0.3 is 0 Å². The molecule has 0 unspecified atom stereocenters. The van der Waals surface area contributed by atoms with Crippen molar-refractivity contribution in [3.63, 3.8) is 0 Å². The molecule has 1 aliphatic rings. The molecule has 1 N–H and O–H groups in total. The molecule has 8 heteroatoms. The maximum Gasteiger partial charge on any atom is 0.236 e. The second-order valence-corrected chi connectivity index (χ2v) is 7.07. The van der Waals surface area contributed by atoms with Crippen LogP contribution in [-0.2, 0) is 16.1 Å². The summed E-state index contributed by atoms with van der Waals surface area (Å²) in [6.45, 7) is 4.09. The largest absolute Gasteiger partial charge is 0.358 e. The molecule has 2 amide bonds. The summed E-state index contributed by atoms with van der Waals surface area (Å²) in [5.74, 6) is 0.100. The predicted octanol–water partition coefficient (Wildman–Crippen LogP) is 1.32. The van der Waals surface area contributed by atoms with Crippen molar-refractivity contribution < 1.29 is 9.59 Å². The topological polar surface area (TPSA) is 55.9 Å². The Morgan fingerprint density at radius 3 is 2.44 bits per heavy atom. The van der Waals surface area contributed by atoms with Gasteiger partial charge in [0.05, 0.1) is 23.1 Å². The maximum absolute atomic E-state index is 12.4. The summed E-state index contributed by atoms with van der Waals surface area (Å²) >= 11 is 11.9. The van der Waals surface area contributed by atoms with E-state index >= 15 is 0 Å². The molecule has 0 atom stereocenters. The third kappa shape index (κ3) is 6.15. The van der Waals surface area contributed by atoms with Gasteiger partial charge in [-0.15, -0.1) is 0 Å². The fourth-order valence-electron chi connectivity index (χ4n) is 2.77. The van der Waals surface area contributed by atoms with Crippen LogP contribution >= 0.6 is 23.2 Å². The minimum absolute atomic E-state index is 0.00105. The van der Waals surface area contributed by atoms with Crippen molar-refractivity contribution in [2.24, 2.45) is 0 Å². The van der Waals surface area contributed by atoms with Crippen molar-refractivity contribution in [2.45, 2.75) is 6.54 Å². The Morgan fingerprint density at radius 1 is 1.16 bits per heavy atom. The van der Waals surface area contributed by atoms with Gasteiger partial charge in [0.2, 0.25) is 11.8 Å². The first kappa shape index (κ1) is 20.0. The fourth-order valence-corrected chi connectivity index (χ4v) is 3.09. The van der Waals surface area contributed by atoms with Gasteiger partial charge in [-0.05, 0) is 24.7 Å². The first-order chi connectivity index (χ1) is 11.9. The number of nitrogens with one attached hydrogen (secondary N) is 1. The fraction of sp³-hybridized carbons (Fsp3) is 0.529. The highest BCUT2D eigenvalue weighted by molar-refractivity contribution is 6.42. The SMILES string of the molecule is CNC(=O)CN1CCN(C(=O)CN(C)Cc2ccc(Cl)c(Cl)c2)CC1. The molecule has 138 valence electrons. The highest BCUT2D eigenvalue weighted by Crippen LogP contribution is 2.23. The van der Waals surface area contributed by atoms with Gasteiger partial charge in [0.1, 0.15) is 0 Å². The highest BCUT2D eigenvalue weighted by Gasteiger charge is 2.22. The summed E-state index contributed by atoms with van der Waals surface area (Å²) in [5, 5.41) is 3.66. The van der Waals surface area contributed by atoms with Crippen molar-refractivity contribution in [2.75, 3.05) is 53.4 Å². The zero-order chi connectivity index (χ0) is 18.4. The molecule has 0 spiro atoms. The third-order valence-electron chi connectivity index (χ3n) is 4.21. The lowest BCUT2D eigenvalue weighted by Gasteiger charge is -2.35. The van der Waals surface area contributed by atoms with Gasteiger partial charge in [-0.3, -0.25) is 19.4 Å². The van der Waals surface area contributed by atoms with Crippen molar-refractivity contribution in [1.82, 2.24) is 20.0 Å². The van der Waals surface area contributed by atoms with E-state index in [-0.39, 0.29) is 11.8 Å². The Labute approximate surface area is 158 Å². The number of likely N-dealkylation sites (N-methyl/N-ethyl adjacent to an activating group) is 2.